The van der Waals surface area contributed by atoms with Gasteiger partial charge >= 0.3 is 12.2 Å². The number of rotatable bonds is 10. The first-order valence-corrected chi connectivity index (χ1v) is 12.5. The van der Waals surface area contributed by atoms with E-state index in [4.69, 9.17) is 4.74 Å². The van der Waals surface area contributed by atoms with Crippen LogP contribution >= 0.6 is 0 Å². The second kappa shape index (κ2) is 13.5. The zero-order valence-corrected chi connectivity index (χ0v) is 21.9. The molecule has 0 unspecified atom stereocenters. The van der Waals surface area contributed by atoms with Crippen molar-refractivity contribution in [2.45, 2.75) is 53.4 Å². The van der Waals surface area contributed by atoms with Gasteiger partial charge in [0.25, 0.3) is 0 Å². The zero-order valence-electron chi connectivity index (χ0n) is 21.9. The van der Waals surface area contributed by atoms with E-state index < -0.39 is 23.9 Å². The average Bonchev–Trinajstić information content (AvgIpc) is 2.85. The fourth-order valence-electron chi connectivity index (χ4n) is 3.72. The van der Waals surface area contributed by atoms with E-state index in [2.05, 4.69) is 39.2 Å². The quantitative estimate of drug-likeness (QED) is 0.165. The van der Waals surface area contributed by atoms with Crippen LogP contribution in [-0.4, -0.2) is 28.8 Å². The Morgan fingerprint density at radius 2 is 1.87 bits per heavy atom. The molecule has 1 aromatic carbocycles. The Kier molecular flexibility index (Phi) is 10.1. The van der Waals surface area contributed by atoms with Crippen molar-refractivity contribution in [1.29, 1.82) is 0 Å². The Hall–Kier alpha value is -4.08. The number of hydrogen-bond acceptors (Lipinski definition) is 7. The molecule has 202 valence electrons. The third-order valence-electron chi connectivity index (χ3n) is 5.73. The van der Waals surface area contributed by atoms with Crippen LogP contribution in [0.4, 0.5) is 35.6 Å². The molecular weight excluding hydrogens is 494 g/mol. The lowest BCUT2D eigenvalue weighted by Gasteiger charge is -2.15. The highest BCUT2D eigenvalue weighted by Crippen LogP contribution is 2.27. The number of aromatic nitrogens is 2. The number of pyridine rings is 2. The molecule has 38 heavy (non-hydrogen) atoms. The standard InChI is InChI=1S/C28H32F2N4O4/c1-5-6-11-37-28(36)38-27(35)34-26-25(30)20(9-10-32-26)14-21-15-31-16-24(18(21)4)33-23-8-7-19(12-17(2)3)13-22(23)29/h7-10,13,15-17,33H,5-6,11-12,14H2,1-4H3,(H,32,34,35). The van der Waals surface area contributed by atoms with E-state index in [9.17, 15) is 14.0 Å². The van der Waals surface area contributed by atoms with Crippen molar-refractivity contribution in [3.63, 3.8) is 0 Å². The Bertz CT molecular complexity index is 1280. The van der Waals surface area contributed by atoms with Crippen molar-refractivity contribution in [2.75, 3.05) is 17.2 Å². The van der Waals surface area contributed by atoms with Gasteiger partial charge in [-0.1, -0.05) is 33.3 Å². The molecule has 0 fully saturated rings. The van der Waals surface area contributed by atoms with Crippen LogP contribution in [0.3, 0.4) is 0 Å². The lowest BCUT2D eigenvalue weighted by Crippen LogP contribution is -2.21. The molecule has 10 heteroatoms. The topological polar surface area (TPSA) is 102 Å². The summed E-state index contributed by atoms with van der Waals surface area (Å²) in [6.45, 7) is 8.00. The first-order valence-electron chi connectivity index (χ1n) is 12.5. The van der Waals surface area contributed by atoms with Crippen LogP contribution in [0.2, 0.25) is 0 Å². The maximum Gasteiger partial charge on any atom is 0.517 e. The lowest BCUT2D eigenvalue weighted by atomic mass is 10.0. The summed E-state index contributed by atoms with van der Waals surface area (Å²) in [5, 5.41) is 5.20. The molecule has 0 atom stereocenters. The van der Waals surface area contributed by atoms with Crippen LogP contribution in [-0.2, 0) is 22.3 Å². The first kappa shape index (κ1) is 28.5. The number of nitrogens with zero attached hydrogens (tertiary/aromatic N) is 2. The van der Waals surface area contributed by atoms with E-state index in [-0.39, 0.29) is 24.4 Å². The van der Waals surface area contributed by atoms with Crippen LogP contribution < -0.4 is 10.6 Å². The van der Waals surface area contributed by atoms with Crippen molar-refractivity contribution in [1.82, 2.24) is 9.97 Å². The van der Waals surface area contributed by atoms with Crippen LogP contribution in [0.15, 0.2) is 42.9 Å². The van der Waals surface area contributed by atoms with E-state index in [1.807, 2.05) is 19.9 Å². The molecule has 2 N–H and O–H groups in total. The molecule has 0 spiro atoms. The molecule has 0 aliphatic carbocycles. The van der Waals surface area contributed by atoms with Crippen molar-refractivity contribution in [3.05, 3.63) is 76.7 Å². The second-order valence-electron chi connectivity index (χ2n) is 9.28. The number of amides is 1. The van der Waals surface area contributed by atoms with Crippen molar-refractivity contribution < 1.29 is 27.8 Å². The van der Waals surface area contributed by atoms with E-state index >= 15 is 4.39 Å². The summed E-state index contributed by atoms with van der Waals surface area (Å²) in [5.41, 5.74) is 3.48. The summed E-state index contributed by atoms with van der Waals surface area (Å²) in [6.07, 6.45) is 4.44. The Morgan fingerprint density at radius 1 is 1.08 bits per heavy atom. The van der Waals surface area contributed by atoms with Gasteiger partial charge in [-0.25, -0.2) is 23.4 Å². The van der Waals surface area contributed by atoms with E-state index in [0.29, 0.717) is 29.3 Å². The number of hydrogen-bond donors (Lipinski definition) is 2. The molecule has 0 aliphatic rings. The lowest BCUT2D eigenvalue weighted by molar-refractivity contribution is 0.0786. The van der Waals surface area contributed by atoms with Crippen molar-refractivity contribution in [3.8, 4) is 0 Å². The molecule has 3 rings (SSSR count). The summed E-state index contributed by atoms with van der Waals surface area (Å²) in [5.74, 6) is -1.13. The Labute approximate surface area is 220 Å². The van der Waals surface area contributed by atoms with Gasteiger partial charge in [0.2, 0.25) is 0 Å². The SMILES string of the molecule is CCCCOC(=O)OC(=O)Nc1nccc(Cc2cncc(Nc3ccc(CC(C)C)cc3F)c2C)c1F. The molecule has 2 heterocycles. The smallest absolute Gasteiger partial charge is 0.434 e. The van der Waals surface area contributed by atoms with Gasteiger partial charge in [0.05, 0.1) is 24.2 Å². The van der Waals surface area contributed by atoms with Crippen molar-refractivity contribution in [2.24, 2.45) is 5.92 Å². The second-order valence-corrected chi connectivity index (χ2v) is 9.28. The maximum atomic E-state index is 15.1. The molecule has 0 saturated carbocycles. The number of anilines is 3. The largest absolute Gasteiger partial charge is 0.517 e. The number of halogens is 2. The Balaban J connectivity index is 1.71. The monoisotopic (exact) mass is 526 g/mol. The van der Waals surface area contributed by atoms with Gasteiger partial charge in [-0.05, 0) is 66.1 Å². The highest BCUT2D eigenvalue weighted by Gasteiger charge is 2.18. The van der Waals surface area contributed by atoms with Gasteiger partial charge in [-0.2, -0.15) is 0 Å². The maximum absolute atomic E-state index is 15.1. The number of carbonyl (C=O) groups is 2. The highest BCUT2D eigenvalue weighted by atomic mass is 19.1. The molecule has 0 aliphatic heterocycles. The van der Waals surface area contributed by atoms with Crippen LogP contribution in [0, 0.1) is 24.5 Å². The molecule has 0 bridgehead atoms. The van der Waals surface area contributed by atoms with Crippen molar-refractivity contribution >= 4 is 29.4 Å². The van der Waals surface area contributed by atoms with Gasteiger partial charge in [0, 0.05) is 18.8 Å². The number of ether oxygens (including phenoxy) is 2. The van der Waals surface area contributed by atoms with E-state index in [0.717, 1.165) is 24.0 Å². The molecular formula is C28H32F2N4O4. The van der Waals surface area contributed by atoms with Crippen LogP contribution in [0.5, 0.6) is 0 Å². The highest BCUT2D eigenvalue weighted by molar-refractivity contribution is 5.90. The summed E-state index contributed by atoms with van der Waals surface area (Å²) < 4.78 is 39.1. The predicted molar refractivity (Wildman–Crippen MR) is 141 cm³/mol. The summed E-state index contributed by atoms with van der Waals surface area (Å²) in [7, 11) is 0. The molecule has 3 aromatic rings. The zero-order chi connectivity index (χ0) is 27.7. The molecule has 0 radical (unpaired) electrons. The van der Waals surface area contributed by atoms with Crippen LogP contribution in [0.1, 0.15) is 55.9 Å². The van der Waals surface area contributed by atoms with E-state index in [1.165, 1.54) is 18.3 Å². The minimum absolute atomic E-state index is 0.113. The van der Waals surface area contributed by atoms with Gasteiger partial charge < -0.3 is 14.8 Å². The number of carbonyl (C=O) groups excluding carboxylic acids is 2. The Morgan fingerprint density at radius 3 is 2.58 bits per heavy atom. The van der Waals surface area contributed by atoms with Gasteiger partial charge in [0.1, 0.15) is 5.82 Å². The van der Waals surface area contributed by atoms with Crippen LogP contribution in [0.25, 0.3) is 0 Å². The van der Waals surface area contributed by atoms with Gasteiger partial charge in [-0.15, -0.1) is 0 Å². The number of nitrogens with one attached hydrogen (secondary N) is 2. The summed E-state index contributed by atoms with van der Waals surface area (Å²) >= 11 is 0. The summed E-state index contributed by atoms with van der Waals surface area (Å²) in [6, 6.07) is 6.57. The third kappa shape index (κ3) is 7.96. The van der Waals surface area contributed by atoms with Gasteiger partial charge in [0.15, 0.2) is 11.6 Å². The molecule has 2 aromatic heterocycles. The van der Waals surface area contributed by atoms with Gasteiger partial charge in [-0.3, -0.25) is 10.3 Å². The molecule has 0 saturated heterocycles. The average molecular weight is 527 g/mol. The minimum Gasteiger partial charge on any atom is -0.434 e. The first-order chi connectivity index (χ1) is 18.2. The molecule has 1 amide bonds. The third-order valence-corrected chi connectivity index (χ3v) is 5.73. The number of benzene rings is 1. The predicted octanol–water partition coefficient (Wildman–Crippen LogP) is 7.08. The number of unbranched alkanes of at least 4 members (excludes halogenated alkanes) is 1. The van der Waals surface area contributed by atoms with E-state index in [1.54, 1.807) is 18.5 Å². The fraction of sp³-hybridized carbons (Fsp3) is 0.357. The molecule has 8 nitrogen and oxygen atoms in total. The fourth-order valence-corrected chi connectivity index (χ4v) is 3.72. The summed E-state index contributed by atoms with van der Waals surface area (Å²) in [4.78, 5) is 31.5. The normalized spacial score (nSPS) is 10.8. The minimum atomic E-state index is -1.21.